The molecular formula is C18H22N2O. The topological polar surface area (TPSA) is 46.3 Å². The number of amides is 1. The maximum atomic E-state index is 12.7. The van der Waals surface area contributed by atoms with Crippen LogP contribution in [0, 0.1) is 0 Å². The average Bonchev–Trinajstić information content (AvgIpc) is 2.53. The first-order valence-corrected chi connectivity index (χ1v) is 7.68. The summed E-state index contributed by atoms with van der Waals surface area (Å²) < 4.78 is 0. The molecule has 0 aliphatic carbocycles. The van der Waals surface area contributed by atoms with Gasteiger partial charge in [-0.25, -0.2) is 0 Å². The SMILES string of the molecule is CC(C(=O)N1CCCC(N)C1)c1ccc2ccccc2c1. The number of piperidine rings is 1. The van der Waals surface area contributed by atoms with Crippen molar-refractivity contribution in [2.45, 2.75) is 31.7 Å². The third-order valence-electron chi connectivity index (χ3n) is 4.41. The van der Waals surface area contributed by atoms with Crippen LogP contribution in [-0.2, 0) is 4.79 Å². The predicted octanol–water partition coefficient (Wildman–Crippen LogP) is 2.89. The van der Waals surface area contributed by atoms with E-state index in [-0.39, 0.29) is 17.9 Å². The van der Waals surface area contributed by atoms with Crippen molar-refractivity contribution in [2.24, 2.45) is 5.73 Å². The van der Waals surface area contributed by atoms with Gasteiger partial charge in [0.1, 0.15) is 0 Å². The first kappa shape index (κ1) is 14.1. The smallest absolute Gasteiger partial charge is 0.229 e. The van der Waals surface area contributed by atoms with Gasteiger partial charge in [0.15, 0.2) is 0 Å². The Morgan fingerprint density at radius 3 is 2.76 bits per heavy atom. The Hall–Kier alpha value is -1.87. The molecule has 2 aromatic rings. The fraction of sp³-hybridized carbons (Fsp3) is 0.389. The van der Waals surface area contributed by atoms with Gasteiger partial charge in [0.2, 0.25) is 5.91 Å². The van der Waals surface area contributed by atoms with Crippen LogP contribution in [0.5, 0.6) is 0 Å². The zero-order chi connectivity index (χ0) is 14.8. The van der Waals surface area contributed by atoms with Crippen LogP contribution in [0.1, 0.15) is 31.2 Å². The van der Waals surface area contributed by atoms with E-state index in [1.165, 1.54) is 10.8 Å². The van der Waals surface area contributed by atoms with Gasteiger partial charge in [-0.05, 0) is 36.1 Å². The molecule has 0 saturated carbocycles. The highest BCUT2D eigenvalue weighted by Crippen LogP contribution is 2.24. The minimum Gasteiger partial charge on any atom is -0.341 e. The molecule has 2 N–H and O–H groups in total. The number of carbonyl (C=O) groups excluding carboxylic acids is 1. The zero-order valence-electron chi connectivity index (χ0n) is 12.5. The number of benzene rings is 2. The minimum absolute atomic E-state index is 0.111. The molecule has 2 unspecified atom stereocenters. The summed E-state index contributed by atoms with van der Waals surface area (Å²) >= 11 is 0. The van der Waals surface area contributed by atoms with E-state index in [1.54, 1.807) is 0 Å². The van der Waals surface area contributed by atoms with Crippen LogP contribution < -0.4 is 5.73 Å². The van der Waals surface area contributed by atoms with Gasteiger partial charge in [0.25, 0.3) is 0 Å². The van der Waals surface area contributed by atoms with E-state index in [0.29, 0.717) is 6.54 Å². The van der Waals surface area contributed by atoms with E-state index in [9.17, 15) is 4.79 Å². The molecule has 0 spiro atoms. The molecule has 1 fully saturated rings. The lowest BCUT2D eigenvalue weighted by atomic mass is 9.95. The maximum absolute atomic E-state index is 12.7. The highest BCUT2D eigenvalue weighted by molar-refractivity contribution is 5.87. The quantitative estimate of drug-likeness (QED) is 0.920. The minimum atomic E-state index is -0.111. The zero-order valence-corrected chi connectivity index (χ0v) is 12.5. The Morgan fingerprint density at radius 2 is 2.00 bits per heavy atom. The summed E-state index contributed by atoms with van der Waals surface area (Å²) in [5.41, 5.74) is 7.06. The Bertz CT molecular complexity index is 652. The normalized spacial score (nSPS) is 20.5. The second-order valence-corrected chi connectivity index (χ2v) is 6.01. The molecule has 1 heterocycles. The van der Waals surface area contributed by atoms with Gasteiger partial charge in [-0.2, -0.15) is 0 Å². The van der Waals surface area contributed by atoms with Crippen molar-refractivity contribution in [3.8, 4) is 0 Å². The van der Waals surface area contributed by atoms with Gasteiger partial charge in [0, 0.05) is 19.1 Å². The van der Waals surface area contributed by atoms with Gasteiger partial charge in [-0.1, -0.05) is 42.5 Å². The van der Waals surface area contributed by atoms with E-state index < -0.39 is 0 Å². The summed E-state index contributed by atoms with van der Waals surface area (Å²) in [7, 11) is 0. The maximum Gasteiger partial charge on any atom is 0.229 e. The Balaban J connectivity index is 1.82. The van der Waals surface area contributed by atoms with E-state index >= 15 is 0 Å². The predicted molar refractivity (Wildman–Crippen MR) is 86.2 cm³/mol. The van der Waals surface area contributed by atoms with Crippen LogP contribution in [0.3, 0.4) is 0 Å². The molecule has 2 atom stereocenters. The molecule has 2 aromatic carbocycles. The molecule has 1 amide bonds. The first-order valence-electron chi connectivity index (χ1n) is 7.68. The molecule has 1 aliphatic rings. The molecule has 0 bridgehead atoms. The van der Waals surface area contributed by atoms with Crippen molar-refractivity contribution in [2.75, 3.05) is 13.1 Å². The highest BCUT2D eigenvalue weighted by Gasteiger charge is 2.26. The molecule has 0 aromatic heterocycles. The molecule has 3 heteroatoms. The van der Waals surface area contributed by atoms with Crippen LogP contribution in [-0.4, -0.2) is 29.9 Å². The molecule has 21 heavy (non-hydrogen) atoms. The standard InChI is InChI=1S/C18H22N2O/c1-13(18(21)20-10-4-7-17(19)12-20)15-9-8-14-5-2-3-6-16(14)11-15/h2-3,5-6,8-9,11,13,17H,4,7,10,12,19H2,1H3. The summed E-state index contributed by atoms with van der Waals surface area (Å²) in [4.78, 5) is 14.6. The van der Waals surface area contributed by atoms with Crippen LogP contribution in [0.25, 0.3) is 10.8 Å². The van der Waals surface area contributed by atoms with Gasteiger partial charge in [-0.3, -0.25) is 4.79 Å². The highest BCUT2D eigenvalue weighted by atomic mass is 16.2. The van der Waals surface area contributed by atoms with Crippen LogP contribution in [0.2, 0.25) is 0 Å². The first-order chi connectivity index (χ1) is 10.1. The molecule has 110 valence electrons. The Labute approximate surface area is 125 Å². The Morgan fingerprint density at radius 1 is 1.24 bits per heavy atom. The summed E-state index contributed by atoms with van der Waals surface area (Å²) in [5.74, 6) is 0.0836. The number of rotatable bonds is 2. The fourth-order valence-electron chi connectivity index (χ4n) is 3.10. The molecular weight excluding hydrogens is 260 g/mol. The number of nitrogens with zero attached hydrogens (tertiary/aromatic N) is 1. The number of carbonyl (C=O) groups is 1. The molecule has 3 nitrogen and oxygen atoms in total. The number of hydrogen-bond donors (Lipinski definition) is 1. The fourth-order valence-corrected chi connectivity index (χ4v) is 3.10. The number of fused-ring (bicyclic) bond motifs is 1. The van der Waals surface area contributed by atoms with Crippen molar-refractivity contribution >= 4 is 16.7 Å². The summed E-state index contributed by atoms with van der Waals surface area (Å²) in [6.45, 7) is 3.52. The number of nitrogens with two attached hydrogens (primary N) is 1. The lowest BCUT2D eigenvalue weighted by Crippen LogP contribution is -2.47. The van der Waals surface area contributed by atoms with Crippen LogP contribution in [0.15, 0.2) is 42.5 Å². The van der Waals surface area contributed by atoms with Gasteiger partial charge in [0.05, 0.1) is 5.92 Å². The monoisotopic (exact) mass is 282 g/mol. The lowest BCUT2D eigenvalue weighted by Gasteiger charge is -2.32. The van der Waals surface area contributed by atoms with Crippen molar-refractivity contribution in [1.82, 2.24) is 4.90 Å². The van der Waals surface area contributed by atoms with Crippen LogP contribution in [0.4, 0.5) is 0 Å². The van der Waals surface area contributed by atoms with Crippen molar-refractivity contribution in [3.63, 3.8) is 0 Å². The van der Waals surface area contributed by atoms with E-state index in [2.05, 4.69) is 30.3 Å². The summed E-state index contributed by atoms with van der Waals surface area (Å²) in [6, 6.07) is 14.7. The molecule has 1 aliphatic heterocycles. The molecule has 3 rings (SSSR count). The van der Waals surface area contributed by atoms with Gasteiger partial charge in [-0.15, -0.1) is 0 Å². The Kier molecular flexibility index (Phi) is 3.93. The van der Waals surface area contributed by atoms with Crippen molar-refractivity contribution in [1.29, 1.82) is 0 Å². The van der Waals surface area contributed by atoms with E-state index in [4.69, 9.17) is 5.73 Å². The van der Waals surface area contributed by atoms with E-state index in [0.717, 1.165) is 24.9 Å². The summed E-state index contributed by atoms with van der Waals surface area (Å²) in [5, 5.41) is 2.39. The number of likely N-dealkylation sites (tertiary alicyclic amines) is 1. The van der Waals surface area contributed by atoms with E-state index in [1.807, 2.05) is 24.0 Å². The summed E-state index contributed by atoms with van der Waals surface area (Å²) in [6.07, 6.45) is 2.03. The largest absolute Gasteiger partial charge is 0.341 e. The van der Waals surface area contributed by atoms with Gasteiger partial charge < -0.3 is 10.6 Å². The van der Waals surface area contributed by atoms with Crippen LogP contribution >= 0.6 is 0 Å². The molecule has 1 saturated heterocycles. The van der Waals surface area contributed by atoms with Crippen molar-refractivity contribution < 1.29 is 4.79 Å². The molecule has 0 radical (unpaired) electrons. The lowest BCUT2D eigenvalue weighted by molar-refractivity contribution is -0.133. The third-order valence-corrected chi connectivity index (χ3v) is 4.41. The third kappa shape index (κ3) is 2.93. The number of hydrogen-bond acceptors (Lipinski definition) is 2. The van der Waals surface area contributed by atoms with Crippen molar-refractivity contribution in [3.05, 3.63) is 48.0 Å². The average molecular weight is 282 g/mol. The second-order valence-electron chi connectivity index (χ2n) is 6.01. The second kappa shape index (κ2) is 5.86. The van der Waals surface area contributed by atoms with Gasteiger partial charge >= 0.3 is 0 Å².